The van der Waals surface area contributed by atoms with Crippen LogP contribution in [0.15, 0.2) is 42.5 Å². The third kappa shape index (κ3) is 3.11. The molecule has 0 atom stereocenters. The number of hydrogen-bond acceptors (Lipinski definition) is 4. The van der Waals surface area contributed by atoms with Gasteiger partial charge in [-0.05, 0) is 47.9 Å². The third-order valence-corrected chi connectivity index (χ3v) is 3.26. The Morgan fingerprint density at radius 1 is 0.810 bits per heavy atom. The maximum Gasteiger partial charge on any atom is 0.337 e. The lowest BCUT2D eigenvalue weighted by atomic mass is 9.97. The summed E-state index contributed by atoms with van der Waals surface area (Å²) < 4.78 is 9.37. The molecular weight excluding hydrogens is 268 g/mol. The average Bonchev–Trinajstić information content (AvgIpc) is 2.53. The zero-order valence-electron chi connectivity index (χ0n) is 12.2. The fourth-order valence-corrected chi connectivity index (χ4v) is 2.14. The lowest BCUT2D eigenvalue weighted by Gasteiger charge is -2.08. The van der Waals surface area contributed by atoms with Crippen LogP contribution in [0.2, 0.25) is 0 Å². The van der Waals surface area contributed by atoms with Gasteiger partial charge in [0.2, 0.25) is 0 Å². The lowest BCUT2D eigenvalue weighted by molar-refractivity contribution is 0.0592. The Bertz CT molecular complexity index is 672. The van der Waals surface area contributed by atoms with E-state index < -0.39 is 0 Å². The quantitative estimate of drug-likeness (QED) is 0.812. The fourth-order valence-electron chi connectivity index (χ4n) is 2.14. The minimum atomic E-state index is -0.362. The summed E-state index contributed by atoms with van der Waals surface area (Å²) in [7, 11) is 2.71. The van der Waals surface area contributed by atoms with Crippen LogP contribution in [0.4, 0.5) is 0 Å². The molecular formula is C17H16O4. The van der Waals surface area contributed by atoms with E-state index in [4.69, 9.17) is 4.74 Å². The first-order chi connectivity index (χ1) is 10.1. The molecule has 108 valence electrons. The molecule has 0 unspecified atom stereocenters. The normalized spacial score (nSPS) is 10.0. The van der Waals surface area contributed by atoms with Gasteiger partial charge in [0.1, 0.15) is 0 Å². The Morgan fingerprint density at radius 3 is 1.86 bits per heavy atom. The van der Waals surface area contributed by atoms with E-state index in [1.165, 1.54) is 14.2 Å². The highest BCUT2D eigenvalue weighted by atomic mass is 16.5. The van der Waals surface area contributed by atoms with E-state index in [2.05, 4.69) is 4.74 Å². The molecule has 0 amide bonds. The van der Waals surface area contributed by atoms with Crippen LogP contribution >= 0.6 is 0 Å². The van der Waals surface area contributed by atoms with Crippen LogP contribution in [0.5, 0.6) is 0 Å². The van der Waals surface area contributed by atoms with Crippen LogP contribution in [-0.4, -0.2) is 26.2 Å². The van der Waals surface area contributed by atoms with Crippen LogP contribution in [0, 0.1) is 6.92 Å². The molecule has 0 saturated heterocycles. The highest BCUT2D eigenvalue weighted by Crippen LogP contribution is 2.25. The molecule has 0 radical (unpaired) electrons. The van der Waals surface area contributed by atoms with Crippen LogP contribution in [-0.2, 0) is 9.47 Å². The smallest absolute Gasteiger partial charge is 0.337 e. The third-order valence-electron chi connectivity index (χ3n) is 3.26. The summed E-state index contributed by atoms with van der Waals surface area (Å²) in [5.74, 6) is -0.718. The van der Waals surface area contributed by atoms with Crippen LogP contribution < -0.4 is 0 Å². The monoisotopic (exact) mass is 284 g/mol. The van der Waals surface area contributed by atoms with Crippen LogP contribution in [0.3, 0.4) is 0 Å². The molecule has 0 aliphatic heterocycles. The average molecular weight is 284 g/mol. The van der Waals surface area contributed by atoms with Crippen molar-refractivity contribution in [2.75, 3.05) is 14.2 Å². The van der Waals surface area contributed by atoms with Gasteiger partial charge >= 0.3 is 11.9 Å². The van der Waals surface area contributed by atoms with Crippen molar-refractivity contribution in [3.8, 4) is 11.1 Å². The molecule has 2 aromatic rings. The van der Waals surface area contributed by atoms with Crippen molar-refractivity contribution < 1.29 is 19.1 Å². The van der Waals surface area contributed by atoms with E-state index in [0.717, 1.165) is 16.7 Å². The van der Waals surface area contributed by atoms with Crippen molar-refractivity contribution >= 4 is 11.9 Å². The van der Waals surface area contributed by atoms with Crippen molar-refractivity contribution in [3.05, 3.63) is 59.2 Å². The standard InChI is InChI=1S/C17H16O4/c1-11-10-14(17(19)21-3)8-9-15(11)12-4-6-13(7-5-12)16(18)20-2/h4-10H,1-3H3. The maximum atomic E-state index is 11.5. The number of methoxy groups -OCH3 is 2. The molecule has 4 nitrogen and oxygen atoms in total. The van der Waals surface area contributed by atoms with E-state index in [1.807, 2.05) is 25.1 Å². The van der Waals surface area contributed by atoms with Gasteiger partial charge in [0.15, 0.2) is 0 Å². The molecule has 0 heterocycles. The zero-order chi connectivity index (χ0) is 15.4. The van der Waals surface area contributed by atoms with Gasteiger partial charge in [-0.1, -0.05) is 18.2 Å². The summed E-state index contributed by atoms with van der Waals surface area (Å²) in [6.07, 6.45) is 0. The van der Waals surface area contributed by atoms with Gasteiger partial charge in [-0.2, -0.15) is 0 Å². The summed E-state index contributed by atoms with van der Waals surface area (Å²) in [6.45, 7) is 1.93. The molecule has 0 saturated carbocycles. The topological polar surface area (TPSA) is 52.6 Å². The predicted molar refractivity (Wildman–Crippen MR) is 79.3 cm³/mol. The molecule has 21 heavy (non-hydrogen) atoms. The predicted octanol–water partition coefficient (Wildman–Crippen LogP) is 3.24. The van der Waals surface area contributed by atoms with Crippen molar-refractivity contribution in [2.24, 2.45) is 0 Å². The second kappa shape index (κ2) is 6.22. The highest BCUT2D eigenvalue weighted by Gasteiger charge is 2.10. The second-order valence-electron chi connectivity index (χ2n) is 4.59. The molecule has 4 heteroatoms. The summed E-state index contributed by atoms with van der Waals surface area (Å²) >= 11 is 0. The van der Waals surface area contributed by atoms with Gasteiger partial charge in [0.25, 0.3) is 0 Å². The number of benzene rings is 2. The molecule has 0 spiro atoms. The van der Waals surface area contributed by atoms with Gasteiger partial charge in [0, 0.05) is 0 Å². The largest absolute Gasteiger partial charge is 0.465 e. The molecule has 0 fully saturated rings. The van der Waals surface area contributed by atoms with E-state index in [0.29, 0.717) is 11.1 Å². The number of hydrogen-bond donors (Lipinski definition) is 0. The zero-order valence-corrected chi connectivity index (χ0v) is 12.2. The Morgan fingerprint density at radius 2 is 1.33 bits per heavy atom. The minimum absolute atomic E-state index is 0.356. The first-order valence-corrected chi connectivity index (χ1v) is 6.44. The number of aryl methyl sites for hydroxylation is 1. The van der Waals surface area contributed by atoms with Crippen molar-refractivity contribution in [1.82, 2.24) is 0 Å². The van der Waals surface area contributed by atoms with Gasteiger partial charge in [-0.3, -0.25) is 0 Å². The van der Waals surface area contributed by atoms with E-state index in [9.17, 15) is 9.59 Å². The van der Waals surface area contributed by atoms with Crippen LogP contribution in [0.1, 0.15) is 26.3 Å². The number of esters is 2. The highest BCUT2D eigenvalue weighted by molar-refractivity contribution is 5.91. The molecule has 0 aliphatic carbocycles. The van der Waals surface area contributed by atoms with Gasteiger partial charge in [-0.15, -0.1) is 0 Å². The maximum absolute atomic E-state index is 11.5. The number of rotatable bonds is 3. The summed E-state index contributed by atoms with van der Waals surface area (Å²) in [5, 5.41) is 0. The van der Waals surface area contributed by atoms with Gasteiger partial charge < -0.3 is 9.47 Å². The first-order valence-electron chi connectivity index (χ1n) is 6.44. The molecule has 0 bridgehead atoms. The van der Waals surface area contributed by atoms with E-state index in [1.54, 1.807) is 24.3 Å². The first kappa shape index (κ1) is 14.8. The number of ether oxygens (including phenoxy) is 2. The lowest BCUT2D eigenvalue weighted by Crippen LogP contribution is -2.02. The number of carbonyl (C=O) groups is 2. The molecule has 0 aliphatic rings. The van der Waals surface area contributed by atoms with Crippen molar-refractivity contribution in [2.45, 2.75) is 6.92 Å². The Kier molecular flexibility index (Phi) is 4.38. The number of carbonyl (C=O) groups excluding carboxylic acids is 2. The van der Waals surface area contributed by atoms with E-state index >= 15 is 0 Å². The summed E-state index contributed by atoms with van der Waals surface area (Å²) in [4.78, 5) is 22.9. The Labute approximate surface area is 123 Å². The SMILES string of the molecule is COC(=O)c1ccc(-c2ccc(C(=O)OC)cc2C)cc1. The Balaban J connectivity index is 2.34. The van der Waals surface area contributed by atoms with Crippen molar-refractivity contribution in [3.63, 3.8) is 0 Å². The fraction of sp³-hybridized carbons (Fsp3) is 0.176. The summed E-state index contributed by atoms with van der Waals surface area (Å²) in [5.41, 5.74) is 3.95. The van der Waals surface area contributed by atoms with E-state index in [-0.39, 0.29) is 11.9 Å². The minimum Gasteiger partial charge on any atom is -0.465 e. The molecule has 0 aromatic heterocycles. The van der Waals surface area contributed by atoms with Crippen molar-refractivity contribution in [1.29, 1.82) is 0 Å². The Hall–Kier alpha value is -2.62. The molecule has 0 N–H and O–H groups in total. The summed E-state index contributed by atoms with van der Waals surface area (Å²) in [6, 6.07) is 12.5. The molecule has 2 rings (SSSR count). The second-order valence-corrected chi connectivity index (χ2v) is 4.59. The van der Waals surface area contributed by atoms with Gasteiger partial charge in [-0.25, -0.2) is 9.59 Å². The van der Waals surface area contributed by atoms with Gasteiger partial charge in [0.05, 0.1) is 25.3 Å². The van der Waals surface area contributed by atoms with Crippen LogP contribution in [0.25, 0.3) is 11.1 Å². The molecule has 2 aromatic carbocycles.